The van der Waals surface area contributed by atoms with Gasteiger partial charge in [-0.1, -0.05) is 66.7 Å². The van der Waals surface area contributed by atoms with Crippen LogP contribution in [0.25, 0.3) is 10.9 Å². The number of anilines is 1. The van der Waals surface area contributed by atoms with E-state index < -0.39 is 17.8 Å². The molecule has 0 fully saturated rings. The highest BCUT2D eigenvalue weighted by Crippen LogP contribution is 2.22. The number of carbonyl (C=O) groups is 2. The molecule has 0 aliphatic carbocycles. The number of benzene rings is 3. The summed E-state index contributed by atoms with van der Waals surface area (Å²) in [4.78, 5) is 45.5. The summed E-state index contributed by atoms with van der Waals surface area (Å²) < 4.78 is 5.54. The van der Waals surface area contributed by atoms with Crippen LogP contribution in [0.1, 0.15) is 29.2 Å². The van der Waals surface area contributed by atoms with Crippen LogP contribution in [0.2, 0.25) is 0 Å². The van der Waals surface area contributed by atoms with E-state index in [4.69, 9.17) is 4.42 Å². The van der Waals surface area contributed by atoms with Gasteiger partial charge in [0, 0.05) is 33.1 Å². The van der Waals surface area contributed by atoms with Crippen LogP contribution in [-0.2, 0) is 24.3 Å². The van der Waals surface area contributed by atoms with Crippen molar-refractivity contribution in [1.29, 1.82) is 0 Å². The number of carboxylic acid groups (broad SMARTS) is 1. The summed E-state index contributed by atoms with van der Waals surface area (Å²) in [5, 5.41) is 12.7. The Labute approximate surface area is 226 Å². The highest BCUT2D eigenvalue weighted by Gasteiger charge is 2.25. The van der Waals surface area contributed by atoms with Crippen LogP contribution in [0.4, 0.5) is 10.8 Å². The number of fused-ring (bicyclic) bond motifs is 1. The molecular weight excluding hydrogens is 496 g/mol. The van der Waals surface area contributed by atoms with E-state index in [9.17, 15) is 19.5 Å². The number of aromatic nitrogens is 1. The zero-order valence-corrected chi connectivity index (χ0v) is 22.3. The standard InChI is InChI=1S/C30H32N4O5/c1-4-34(30(37)38)19-23-15-16-24-26(20(23)2)28(36)39-29(31-24)32-25(17-21-11-7-5-8-12-21)27(35)33(3)18-22-13-9-6-10-14-22/h5-16,25H,4,17-19H2,1-3H3,(H,31,32)(H,37,38)/t25-/m0/s1. The average Bonchev–Trinajstić information content (AvgIpc) is 2.92. The molecule has 0 radical (unpaired) electrons. The van der Waals surface area contributed by atoms with Gasteiger partial charge in [-0.3, -0.25) is 4.79 Å². The number of carbonyl (C=O) groups excluding carboxylic acids is 1. The van der Waals surface area contributed by atoms with Gasteiger partial charge in [0.15, 0.2) is 0 Å². The normalized spacial score (nSPS) is 11.7. The number of amides is 2. The van der Waals surface area contributed by atoms with Gasteiger partial charge < -0.3 is 24.6 Å². The molecule has 1 aromatic heterocycles. The average molecular weight is 529 g/mol. The van der Waals surface area contributed by atoms with Gasteiger partial charge in [-0.2, -0.15) is 4.98 Å². The summed E-state index contributed by atoms with van der Waals surface area (Å²) in [6.45, 7) is 4.39. The van der Waals surface area contributed by atoms with E-state index in [2.05, 4.69) is 10.3 Å². The number of nitrogens with one attached hydrogen (secondary N) is 1. The van der Waals surface area contributed by atoms with Gasteiger partial charge in [-0.15, -0.1) is 0 Å². The Balaban J connectivity index is 1.63. The second-order valence-electron chi connectivity index (χ2n) is 9.41. The fourth-order valence-corrected chi connectivity index (χ4v) is 4.52. The first-order chi connectivity index (χ1) is 18.8. The number of hydrogen-bond donors (Lipinski definition) is 2. The van der Waals surface area contributed by atoms with Gasteiger partial charge in [0.25, 0.3) is 6.01 Å². The van der Waals surface area contributed by atoms with Crippen molar-refractivity contribution < 1.29 is 19.1 Å². The van der Waals surface area contributed by atoms with Gasteiger partial charge in [0.1, 0.15) is 6.04 Å². The maximum Gasteiger partial charge on any atom is 0.407 e. The van der Waals surface area contributed by atoms with Crippen LogP contribution in [0.5, 0.6) is 0 Å². The van der Waals surface area contributed by atoms with Crippen molar-refractivity contribution in [1.82, 2.24) is 14.8 Å². The summed E-state index contributed by atoms with van der Waals surface area (Å²) in [6, 6.07) is 21.9. The number of rotatable bonds is 10. The SMILES string of the molecule is CCN(Cc1ccc2nc(N[C@@H](Cc3ccccc3)C(=O)N(C)Cc3ccccc3)oc(=O)c2c1C)C(=O)O. The molecule has 1 heterocycles. The van der Waals surface area contributed by atoms with Crippen LogP contribution in [0.15, 0.2) is 82.0 Å². The minimum atomic E-state index is -1.03. The third kappa shape index (κ3) is 6.62. The molecule has 9 heteroatoms. The fraction of sp³-hybridized carbons (Fsp3) is 0.267. The van der Waals surface area contributed by atoms with Crippen LogP contribution in [0.3, 0.4) is 0 Å². The number of aryl methyl sites for hydroxylation is 1. The van der Waals surface area contributed by atoms with E-state index in [0.717, 1.165) is 11.1 Å². The lowest BCUT2D eigenvalue weighted by atomic mass is 10.0. The van der Waals surface area contributed by atoms with Crippen LogP contribution >= 0.6 is 0 Å². The largest absolute Gasteiger partial charge is 0.465 e. The Hall–Kier alpha value is -4.66. The lowest BCUT2D eigenvalue weighted by Crippen LogP contribution is -2.42. The molecule has 2 N–H and O–H groups in total. The van der Waals surface area contributed by atoms with Gasteiger partial charge in [0.2, 0.25) is 5.91 Å². The van der Waals surface area contributed by atoms with Crippen molar-refractivity contribution in [2.75, 3.05) is 18.9 Å². The van der Waals surface area contributed by atoms with Crippen molar-refractivity contribution in [2.24, 2.45) is 0 Å². The molecule has 0 aliphatic rings. The highest BCUT2D eigenvalue weighted by atomic mass is 16.4. The third-order valence-corrected chi connectivity index (χ3v) is 6.70. The summed E-state index contributed by atoms with van der Waals surface area (Å²) in [7, 11) is 1.74. The molecule has 4 rings (SSSR count). The third-order valence-electron chi connectivity index (χ3n) is 6.70. The molecule has 0 bridgehead atoms. The quantitative estimate of drug-likeness (QED) is 0.307. The number of likely N-dealkylation sites (N-methyl/N-ethyl adjacent to an activating group) is 1. The van der Waals surface area contributed by atoms with Gasteiger partial charge in [-0.05, 0) is 42.2 Å². The summed E-state index contributed by atoms with van der Waals surface area (Å²) in [6.07, 6.45) is -0.671. The molecule has 0 spiro atoms. The Morgan fingerprint density at radius 2 is 1.62 bits per heavy atom. The lowest BCUT2D eigenvalue weighted by Gasteiger charge is -2.25. The molecule has 202 valence electrons. The van der Waals surface area contributed by atoms with Crippen LogP contribution < -0.4 is 10.9 Å². The Morgan fingerprint density at radius 3 is 2.23 bits per heavy atom. The maximum absolute atomic E-state index is 13.6. The minimum Gasteiger partial charge on any atom is -0.465 e. The predicted molar refractivity (Wildman–Crippen MR) is 150 cm³/mol. The predicted octanol–water partition coefficient (Wildman–Crippen LogP) is 4.68. The molecule has 39 heavy (non-hydrogen) atoms. The van der Waals surface area contributed by atoms with Crippen LogP contribution in [-0.4, -0.2) is 51.5 Å². The van der Waals surface area contributed by atoms with Crippen LogP contribution in [0, 0.1) is 6.92 Å². The van der Waals surface area contributed by atoms with E-state index in [1.807, 2.05) is 60.7 Å². The minimum absolute atomic E-state index is 0.0530. The molecule has 0 unspecified atom stereocenters. The monoisotopic (exact) mass is 528 g/mol. The molecule has 2 amide bonds. The number of hydrogen-bond acceptors (Lipinski definition) is 6. The Bertz CT molecular complexity index is 1500. The van der Waals surface area contributed by atoms with Gasteiger partial charge in [-0.25, -0.2) is 9.59 Å². The second kappa shape index (κ2) is 12.3. The second-order valence-corrected chi connectivity index (χ2v) is 9.41. The van der Waals surface area contributed by atoms with Crippen molar-refractivity contribution in [3.63, 3.8) is 0 Å². The Kier molecular flexibility index (Phi) is 8.60. The first-order valence-corrected chi connectivity index (χ1v) is 12.8. The molecule has 0 saturated heterocycles. The molecule has 0 saturated carbocycles. The van der Waals surface area contributed by atoms with Crippen molar-refractivity contribution in [3.8, 4) is 0 Å². The zero-order chi connectivity index (χ0) is 27.9. The summed E-state index contributed by atoms with van der Waals surface area (Å²) >= 11 is 0. The van der Waals surface area contributed by atoms with E-state index in [0.29, 0.717) is 36.2 Å². The van der Waals surface area contributed by atoms with E-state index in [1.54, 1.807) is 37.9 Å². The number of nitrogens with zero attached hydrogens (tertiary/aromatic N) is 3. The molecule has 3 aromatic carbocycles. The molecular formula is C30H32N4O5. The zero-order valence-electron chi connectivity index (χ0n) is 22.3. The van der Waals surface area contributed by atoms with Crippen molar-refractivity contribution in [3.05, 3.63) is 105 Å². The highest BCUT2D eigenvalue weighted by molar-refractivity contribution is 5.85. The maximum atomic E-state index is 13.6. The smallest absolute Gasteiger partial charge is 0.407 e. The van der Waals surface area contributed by atoms with Gasteiger partial charge >= 0.3 is 11.7 Å². The van der Waals surface area contributed by atoms with Crippen molar-refractivity contribution >= 4 is 28.9 Å². The summed E-state index contributed by atoms with van der Waals surface area (Å²) in [5.74, 6) is -0.174. The van der Waals surface area contributed by atoms with E-state index in [1.165, 1.54) is 4.90 Å². The molecule has 0 aliphatic heterocycles. The summed E-state index contributed by atoms with van der Waals surface area (Å²) in [5.41, 5.74) is 3.04. The first kappa shape index (κ1) is 27.4. The van der Waals surface area contributed by atoms with E-state index in [-0.39, 0.29) is 23.9 Å². The molecule has 1 atom stereocenters. The lowest BCUT2D eigenvalue weighted by molar-refractivity contribution is -0.131. The first-order valence-electron chi connectivity index (χ1n) is 12.8. The Morgan fingerprint density at radius 1 is 0.974 bits per heavy atom. The van der Waals surface area contributed by atoms with E-state index >= 15 is 0 Å². The van der Waals surface area contributed by atoms with Gasteiger partial charge in [0.05, 0.1) is 10.9 Å². The molecule has 9 nitrogen and oxygen atoms in total. The topological polar surface area (TPSA) is 116 Å². The van der Waals surface area contributed by atoms with Crippen molar-refractivity contribution in [2.45, 2.75) is 39.4 Å². The molecule has 4 aromatic rings. The fourth-order valence-electron chi connectivity index (χ4n) is 4.52.